The van der Waals surface area contributed by atoms with E-state index in [-0.39, 0.29) is 0 Å². The summed E-state index contributed by atoms with van der Waals surface area (Å²) < 4.78 is 0. The Labute approximate surface area is 139 Å². The van der Waals surface area contributed by atoms with E-state index in [0.717, 1.165) is 21.2 Å². The van der Waals surface area contributed by atoms with Crippen LogP contribution >= 0.6 is 11.8 Å². The molecule has 2 nitrogen and oxygen atoms in total. The Morgan fingerprint density at radius 3 is 2.39 bits per heavy atom. The number of hydrogen-bond donors (Lipinski definition) is 1. The van der Waals surface area contributed by atoms with E-state index in [1.54, 1.807) is 6.08 Å². The lowest BCUT2D eigenvalue weighted by Gasteiger charge is -2.06. The lowest BCUT2D eigenvalue weighted by Crippen LogP contribution is -2.03. The average molecular weight is 320 g/mol. The lowest BCUT2D eigenvalue weighted by molar-refractivity contribution is -0.132. The topological polar surface area (TPSA) is 37.3 Å². The van der Waals surface area contributed by atoms with Gasteiger partial charge in [0.15, 0.2) is 0 Å². The fourth-order valence-corrected chi connectivity index (χ4v) is 3.29. The molecular formula is C20H16O2S. The van der Waals surface area contributed by atoms with Crippen molar-refractivity contribution in [3.8, 4) is 0 Å². The molecule has 3 rings (SSSR count). The summed E-state index contributed by atoms with van der Waals surface area (Å²) in [5.41, 5.74) is 1.34. The molecule has 0 atom stereocenters. The van der Waals surface area contributed by atoms with Crippen LogP contribution in [-0.2, 0) is 4.79 Å². The molecule has 0 unspecified atom stereocenters. The molecule has 0 saturated heterocycles. The minimum Gasteiger partial charge on any atom is -0.478 e. The number of carboxylic acid groups (broad SMARTS) is 1. The van der Waals surface area contributed by atoms with E-state index in [2.05, 4.69) is 0 Å². The Morgan fingerprint density at radius 2 is 1.61 bits per heavy atom. The maximum absolute atomic E-state index is 11.6. The van der Waals surface area contributed by atoms with Crippen LogP contribution in [0.25, 0.3) is 16.8 Å². The van der Waals surface area contributed by atoms with Gasteiger partial charge in [0.1, 0.15) is 0 Å². The van der Waals surface area contributed by atoms with Gasteiger partial charge in [-0.2, -0.15) is 0 Å². The zero-order valence-electron chi connectivity index (χ0n) is 12.5. The van der Waals surface area contributed by atoms with Gasteiger partial charge in [-0.15, -0.1) is 11.8 Å². The fourth-order valence-electron chi connectivity index (χ4n) is 2.41. The molecule has 0 spiro atoms. The average Bonchev–Trinajstić information content (AvgIpc) is 2.59. The molecule has 0 radical (unpaired) electrons. The number of rotatable bonds is 5. The molecule has 0 bridgehead atoms. The van der Waals surface area contributed by atoms with Crippen molar-refractivity contribution in [3.05, 3.63) is 83.9 Å². The maximum Gasteiger partial charge on any atom is 0.332 e. The van der Waals surface area contributed by atoms with Crippen molar-refractivity contribution in [2.75, 3.05) is 5.75 Å². The van der Waals surface area contributed by atoms with Crippen LogP contribution in [0.15, 0.2) is 83.3 Å². The van der Waals surface area contributed by atoms with Crippen LogP contribution in [0.1, 0.15) is 5.56 Å². The number of thioether (sulfide) groups is 1. The second-order valence-corrected chi connectivity index (χ2v) is 6.19. The number of carboxylic acids is 1. The molecule has 114 valence electrons. The zero-order chi connectivity index (χ0) is 16.1. The van der Waals surface area contributed by atoms with Gasteiger partial charge >= 0.3 is 5.97 Å². The number of benzene rings is 3. The Morgan fingerprint density at radius 1 is 0.913 bits per heavy atom. The molecular weight excluding hydrogens is 304 g/mol. The normalized spacial score (nSPS) is 11.6. The highest BCUT2D eigenvalue weighted by Gasteiger charge is 2.09. The third-order valence-electron chi connectivity index (χ3n) is 3.57. The first-order valence-corrected chi connectivity index (χ1v) is 8.32. The van der Waals surface area contributed by atoms with Crippen molar-refractivity contribution in [3.63, 3.8) is 0 Å². The van der Waals surface area contributed by atoms with Crippen molar-refractivity contribution in [1.29, 1.82) is 0 Å². The van der Waals surface area contributed by atoms with E-state index in [4.69, 9.17) is 0 Å². The summed E-state index contributed by atoms with van der Waals surface area (Å²) in [6.45, 7) is 0. The van der Waals surface area contributed by atoms with Crippen molar-refractivity contribution < 1.29 is 9.90 Å². The summed E-state index contributed by atoms with van der Waals surface area (Å²) in [5, 5.41) is 11.7. The first-order valence-electron chi connectivity index (χ1n) is 7.33. The Bertz CT molecular complexity index is 848. The van der Waals surface area contributed by atoms with E-state index < -0.39 is 5.97 Å². The van der Waals surface area contributed by atoms with E-state index >= 15 is 0 Å². The molecule has 3 aromatic carbocycles. The number of fused-ring (bicyclic) bond motifs is 1. The summed E-state index contributed by atoms with van der Waals surface area (Å²) in [4.78, 5) is 12.6. The van der Waals surface area contributed by atoms with Crippen molar-refractivity contribution >= 4 is 34.6 Å². The predicted octanol–water partition coefficient (Wildman–Crippen LogP) is 5.10. The van der Waals surface area contributed by atoms with Gasteiger partial charge in [0, 0.05) is 16.2 Å². The van der Waals surface area contributed by atoms with E-state index in [9.17, 15) is 9.90 Å². The van der Waals surface area contributed by atoms with Crippen LogP contribution < -0.4 is 0 Å². The van der Waals surface area contributed by atoms with Gasteiger partial charge in [-0.05, 0) is 34.5 Å². The van der Waals surface area contributed by atoms with Crippen LogP contribution in [0.2, 0.25) is 0 Å². The van der Waals surface area contributed by atoms with Gasteiger partial charge in [-0.25, -0.2) is 4.79 Å². The van der Waals surface area contributed by atoms with Crippen LogP contribution in [0, 0.1) is 0 Å². The van der Waals surface area contributed by atoms with E-state index in [1.165, 1.54) is 11.8 Å². The summed E-state index contributed by atoms with van der Waals surface area (Å²) in [6, 6.07) is 23.8. The third kappa shape index (κ3) is 3.82. The molecule has 0 aromatic heterocycles. The molecule has 1 N–H and O–H groups in total. The molecule has 3 heteroatoms. The molecule has 23 heavy (non-hydrogen) atoms. The number of carbonyl (C=O) groups is 1. The van der Waals surface area contributed by atoms with Crippen LogP contribution in [0.4, 0.5) is 0 Å². The molecule has 0 fully saturated rings. The quantitative estimate of drug-likeness (QED) is 0.525. The highest BCUT2D eigenvalue weighted by Crippen LogP contribution is 2.24. The monoisotopic (exact) mass is 320 g/mol. The Hall–Kier alpha value is -2.52. The van der Waals surface area contributed by atoms with Crippen molar-refractivity contribution in [2.24, 2.45) is 0 Å². The van der Waals surface area contributed by atoms with E-state index in [1.807, 2.05) is 72.8 Å². The summed E-state index contributed by atoms with van der Waals surface area (Å²) in [5.74, 6) is -0.441. The molecule has 0 aliphatic heterocycles. The first-order chi connectivity index (χ1) is 11.2. The van der Waals surface area contributed by atoms with Gasteiger partial charge < -0.3 is 5.11 Å². The van der Waals surface area contributed by atoms with Gasteiger partial charge in [-0.1, -0.05) is 60.7 Å². The smallest absolute Gasteiger partial charge is 0.332 e. The van der Waals surface area contributed by atoms with Crippen molar-refractivity contribution in [2.45, 2.75) is 4.90 Å². The van der Waals surface area contributed by atoms with E-state index in [0.29, 0.717) is 11.3 Å². The third-order valence-corrected chi connectivity index (χ3v) is 4.63. The Kier molecular flexibility index (Phi) is 4.79. The minimum atomic E-state index is -0.874. The van der Waals surface area contributed by atoms with Gasteiger partial charge in [0.05, 0.1) is 0 Å². The van der Waals surface area contributed by atoms with Gasteiger partial charge in [-0.3, -0.25) is 0 Å². The zero-order valence-corrected chi connectivity index (χ0v) is 13.3. The molecule has 0 saturated carbocycles. The predicted molar refractivity (Wildman–Crippen MR) is 96.7 cm³/mol. The largest absolute Gasteiger partial charge is 0.478 e. The second-order valence-electron chi connectivity index (χ2n) is 5.14. The maximum atomic E-state index is 11.6. The molecule has 0 amide bonds. The fraction of sp³-hybridized carbons (Fsp3) is 0.0500. The highest BCUT2D eigenvalue weighted by atomic mass is 32.2. The standard InChI is InChI=1S/C20H16O2S/c21-20(22)17(14-23-18-10-2-1-3-11-18)13-16-9-6-8-15-7-4-5-12-19(15)16/h1-13H,14H2,(H,21,22)/b17-13+. The summed E-state index contributed by atoms with van der Waals surface area (Å²) in [7, 11) is 0. The van der Waals surface area contributed by atoms with Crippen LogP contribution in [0.3, 0.4) is 0 Å². The first kappa shape index (κ1) is 15.4. The van der Waals surface area contributed by atoms with Crippen LogP contribution in [-0.4, -0.2) is 16.8 Å². The van der Waals surface area contributed by atoms with Gasteiger partial charge in [0.25, 0.3) is 0 Å². The van der Waals surface area contributed by atoms with Gasteiger partial charge in [0.2, 0.25) is 0 Å². The minimum absolute atomic E-state index is 0.398. The second kappa shape index (κ2) is 7.16. The molecule has 0 aliphatic rings. The summed E-state index contributed by atoms with van der Waals surface area (Å²) in [6.07, 6.45) is 1.78. The number of hydrogen-bond acceptors (Lipinski definition) is 2. The van der Waals surface area contributed by atoms with Crippen molar-refractivity contribution in [1.82, 2.24) is 0 Å². The Balaban J connectivity index is 1.90. The molecule has 0 aliphatic carbocycles. The summed E-state index contributed by atoms with van der Waals surface area (Å²) >= 11 is 1.53. The SMILES string of the molecule is O=C(O)/C(=C/c1cccc2ccccc12)CSc1ccccc1. The molecule has 3 aromatic rings. The lowest BCUT2D eigenvalue weighted by atomic mass is 10.0. The molecule has 0 heterocycles. The number of aliphatic carboxylic acids is 1. The van der Waals surface area contributed by atoms with Crippen LogP contribution in [0.5, 0.6) is 0 Å². The highest BCUT2D eigenvalue weighted by molar-refractivity contribution is 7.99.